The standard InChI is InChI=1S/C16H13N5O2S/c1-11-4-3-7-21(10-11)14-13(24-16(23)19-14)9-18-20-15(22)12-5-2-6-17-8-12/h2-10H,1H3,(H-,18,19,20,22,23). The number of nitrogens with zero attached hydrogens (tertiary/aromatic N) is 4. The average molecular weight is 339 g/mol. The number of nitrogens with one attached hydrogen (secondary N) is 1. The molecule has 3 aromatic rings. The zero-order valence-electron chi connectivity index (χ0n) is 12.7. The Morgan fingerprint density at radius 2 is 2.29 bits per heavy atom. The number of pyridine rings is 2. The maximum Gasteiger partial charge on any atom is 0.390 e. The molecule has 0 spiro atoms. The fraction of sp³-hybridized carbons (Fsp3) is 0.0625. The molecule has 0 radical (unpaired) electrons. The largest absolute Gasteiger partial charge is 0.857 e. The maximum absolute atomic E-state index is 11.8. The third-order valence-electron chi connectivity index (χ3n) is 3.10. The minimum Gasteiger partial charge on any atom is -0.857 e. The Labute approximate surface area is 141 Å². The lowest BCUT2D eigenvalue weighted by atomic mass is 10.3. The highest BCUT2D eigenvalue weighted by Crippen LogP contribution is 2.07. The van der Waals surface area contributed by atoms with Crippen molar-refractivity contribution in [1.82, 2.24) is 9.97 Å². The van der Waals surface area contributed by atoms with Crippen molar-refractivity contribution in [2.24, 2.45) is 10.2 Å². The number of H-pyrrole nitrogens is 1. The van der Waals surface area contributed by atoms with E-state index in [1.54, 1.807) is 22.9 Å². The zero-order valence-corrected chi connectivity index (χ0v) is 13.5. The molecule has 0 aromatic carbocycles. The Bertz CT molecular complexity index is 960. The second kappa shape index (κ2) is 6.97. The van der Waals surface area contributed by atoms with E-state index in [1.165, 1.54) is 12.4 Å². The second-order valence-electron chi connectivity index (χ2n) is 4.91. The number of hydrogen-bond acceptors (Lipinski definition) is 6. The highest BCUT2D eigenvalue weighted by Gasteiger charge is 2.15. The van der Waals surface area contributed by atoms with Crippen LogP contribution >= 0.6 is 11.3 Å². The molecular weight excluding hydrogens is 326 g/mol. The SMILES string of the molecule is Cc1ccc[n+](-c2[nH]c(=O)sc2/C=N/N=C([O-])c2cccnc2)c1. The molecule has 0 saturated carbocycles. The van der Waals surface area contributed by atoms with Gasteiger partial charge in [-0.15, -0.1) is 0 Å². The Balaban J connectivity index is 1.90. The lowest BCUT2D eigenvalue weighted by molar-refractivity contribution is -0.599. The van der Waals surface area contributed by atoms with Gasteiger partial charge in [0.05, 0.1) is 18.6 Å². The van der Waals surface area contributed by atoms with Gasteiger partial charge in [-0.25, -0.2) is 9.36 Å². The molecule has 0 fully saturated rings. The van der Waals surface area contributed by atoms with Crippen molar-refractivity contribution in [2.75, 3.05) is 0 Å². The van der Waals surface area contributed by atoms with Crippen LogP contribution in [0.1, 0.15) is 16.0 Å². The van der Waals surface area contributed by atoms with Crippen molar-refractivity contribution < 1.29 is 9.67 Å². The summed E-state index contributed by atoms with van der Waals surface area (Å²) in [5.41, 5.74) is 1.40. The molecule has 0 bridgehead atoms. The van der Waals surface area contributed by atoms with E-state index in [2.05, 4.69) is 20.2 Å². The highest BCUT2D eigenvalue weighted by molar-refractivity contribution is 7.11. The van der Waals surface area contributed by atoms with Crippen LogP contribution in [0.25, 0.3) is 5.82 Å². The van der Waals surface area contributed by atoms with Crippen LogP contribution in [0.4, 0.5) is 0 Å². The summed E-state index contributed by atoms with van der Waals surface area (Å²) in [7, 11) is 0. The maximum atomic E-state index is 11.8. The number of aryl methyl sites for hydroxylation is 1. The Morgan fingerprint density at radius 1 is 1.42 bits per heavy atom. The number of thiazole rings is 1. The normalized spacial score (nSPS) is 12.0. The van der Waals surface area contributed by atoms with E-state index >= 15 is 0 Å². The summed E-state index contributed by atoms with van der Waals surface area (Å²) in [6, 6.07) is 7.09. The van der Waals surface area contributed by atoms with Crippen LogP contribution in [0, 0.1) is 6.92 Å². The fourth-order valence-electron chi connectivity index (χ4n) is 2.02. The summed E-state index contributed by atoms with van der Waals surface area (Å²) in [4.78, 5) is 18.7. The second-order valence-corrected chi connectivity index (χ2v) is 5.92. The highest BCUT2D eigenvalue weighted by atomic mass is 32.1. The first-order valence-corrected chi connectivity index (χ1v) is 7.85. The van der Waals surface area contributed by atoms with E-state index in [-0.39, 0.29) is 4.87 Å². The van der Waals surface area contributed by atoms with E-state index in [1.807, 2.05) is 31.5 Å². The molecule has 3 rings (SSSR count). The van der Waals surface area contributed by atoms with Crippen molar-refractivity contribution in [2.45, 2.75) is 6.92 Å². The van der Waals surface area contributed by atoms with Crippen LogP contribution in [0.3, 0.4) is 0 Å². The molecule has 0 atom stereocenters. The first-order valence-electron chi connectivity index (χ1n) is 7.03. The Kier molecular flexibility index (Phi) is 4.57. The van der Waals surface area contributed by atoms with Crippen LogP contribution < -0.4 is 14.5 Å². The summed E-state index contributed by atoms with van der Waals surface area (Å²) in [5, 5.41) is 19.3. The van der Waals surface area contributed by atoms with Gasteiger partial charge in [0.1, 0.15) is 4.88 Å². The molecule has 3 heterocycles. The van der Waals surface area contributed by atoms with Crippen LogP contribution in [0.5, 0.6) is 0 Å². The van der Waals surface area contributed by atoms with Gasteiger partial charge in [-0.05, 0) is 36.0 Å². The van der Waals surface area contributed by atoms with Crippen molar-refractivity contribution in [3.05, 3.63) is 74.7 Å². The third kappa shape index (κ3) is 3.61. The molecular formula is C16H13N5O2S. The number of aromatic nitrogens is 3. The van der Waals surface area contributed by atoms with Crippen molar-refractivity contribution in [3.63, 3.8) is 0 Å². The van der Waals surface area contributed by atoms with Crippen LogP contribution in [0.2, 0.25) is 0 Å². The first kappa shape index (κ1) is 15.8. The minimum absolute atomic E-state index is 0.209. The van der Waals surface area contributed by atoms with Crippen LogP contribution in [0.15, 0.2) is 64.1 Å². The van der Waals surface area contributed by atoms with Crippen molar-refractivity contribution >= 4 is 23.4 Å². The summed E-state index contributed by atoms with van der Waals surface area (Å²) in [6.07, 6.45) is 8.09. The molecule has 0 amide bonds. The van der Waals surface area contributed by atoms with Gasteiger partial charge in [0, 0.05) is 23.9 Å². The Hall–Kier alpha value is -3.13. The molecule has 3 aromatic heterocycles. The number of aromatic amines is 1. The first-order chi connectivity index (χ1) is 11.6. The molecule has 0 unspecified atom stereocenters. The predicted octanol–water partition coefficient (Wildman–Crippen LogP) is 0.558. The average Bonchev–Trinajstić information content (AvgIpc) is 2.96. The van der Waals surface area contributed by atoms with Crippen molar-refractivity contribution in [3.8, 4) is 5.82 Å². The molecule has 7 nitrogen and oxygen atoms in total. The summed E-state index contributed by atoms with van der Waals surface area (Å²) in [5.74, 6) is 0.0912. The van der Waals surface area contributed by atoms with E-state index < -0.39 is 5.90 Å². The van der Waals surface area contributed by atoms with E-state index in [0.717, 1.165) is 16.9 Å². The van der Waals surface area contributed by atoms with E-state index in [0.29, 0.717) is 16.3 Å². The number of rotatable bonds is 4. The third-order valence-corrected chi connectivity index (χ3v) is 3.90. The van der Waals surface area contributed by atoms with Gasteiger partial charge in [0.15, 0.2) is 0 Å². The monoisotopic (exact) mass is 339 g/mol. The molecule has 120 valence electrons. The molecule has 24 heavy (non-hydrogen) atoms. The fourth-order valence-corrected chi connectivity index (χ4v) is 2.72. The quantitative estimate of drug-likeness (QED) is 0.325. The van der Waals surface area contributed by atoms with Gasteiger partial charge in [0.25, 0.3) is 0 Å². The molecule has 0 saturated heterocycles. The van der Waals surface area contributed by atoms with Crippen molar-refractivity contribution in [1.29, 1.82) is 0 Å². The zero-order chi connectivity index (χ0) is 16.9. The predicted molar refractivity (Wildman–Crippen MR) is 89.6 cm³/mol. The molecule has 0 aliphatic rings. The van der Waals surface area contributed by atoms with Gasteiger partial charge in [-0.1, -0.05) is 12.1 Å². The molecule has 1 N–H and O–H groups in total. The van der Waals surface area contributed by atoms with Crippen LogP contribution in [-0.4, -0.2) is 22.1 Å². The lowest BCUT2D eigenvalue weighted by Gasteiger charge is -2.06. The smallest absolute Gasteiger partial charge is 0.390 e. The van der Waals surface area contributed by atoms with Gasteiger partial charge >= 0.3 is 10.7 Å². The van der Waals surface area contributed by atoms with E-state index in [4.69, 9.17) is 0 Å². The van der Waals surface area contributed by atoms with Crippen LogP contribution in [-0.2, 0) is 0 Å². The van der Waals surface area contributed by atoms with Gasteiger partial charge in [-0.2, -0.15) is 15.2 Å². The van der Waals surface area contributed by atoms with Gasteiger partial charge < -0.3 is 5.11 Å². The van der Waals surface area contributed by atoms with Gasteiger partial charge in [0.2, 0.25) is 0 Å². The summed E-state index contributed by atoms with van der Waals surface area (Å²) < 4.78 is 1.79. The Morgan fingerprint density at radius 3 is 3.04 bits per heavy atom. The topological polar surface area (TPSA) is 97.4 Å². The molecule has 8 heteroatoms. The van der Waals surface area contributed by atoms with Gasteiger partial charge in [-0.3, -0.25) is 4.98 Å². The molecule has 0 aliphatic heterocycles. The molecule has 0 aliphatic carbocycles. The minimum atomic E-state index is -0.494. The summed E-state index contributed by atoms with van der Waals surface area (Å²) in [6.45, 7) is 1.95. The number of hydrogen-bond donors (Lipinski definition) is 1. The van der Waals surface area contributed by atoms with E-state index in [9.17, 15) is 9.90 Å². The summed E-state index contributed by atoms with van der Waals surface area (Å²) >= 11 is 0.998. The lowest BCUT2D eigenvalue weighted by Crippen LogP contribution is -2.32.